The summed E-state index contributed by atoms with van der Waals surface area (Å²) in [7, 11) is 0. The molecule has 1 aromatic heterocycles. The van der Waals surface area contributed by atoms with Gasteiger partial charge in [0.05, 0.1) is 0 Å². The van der Waals surface area contributed by atoms with E-state index >= 15 is 0 Å². The fourth-order valence-corrected chi connectivity index (χ4v) is 3.91. The van der Waals surface area contributed by atoms with E-state index in [1.807, 2.05) is 37.0 Å². The normalized spacial score (nSPS) is 19.0. The predicted molar refractivity (Wildman–Crippen MR) is 96.0 cm³/mol. The highest BCUT2D eigenvalue weighted by atomic mass is 32.1. The number of piperidine rings is 1. The van der Waals surface area contributed by atoms with Gasteiger partial charge in [0.2, 0.25) is 0 Å². The average Bonchev–Trinajstić information content (AvgIpc) is 2.93. The largest absolute Gasteiger partial charge is 0.444 e. The lowest BCUT2D eigenvalue weighted by atomic mass is 10.0. The highest BCUT2D eigenvalue weighted by Gasteiger charge is 2.30. The molecule has 2 heterocycles. The standard InChI is InChI=1S/C18H30N2O2S/c1-5-14-9-11-23-16(14)13-19-12-15-8-6-7-10-20(15)17(21)22-18(2,3)4/h9,11,15,19H,5-8,10,12-13H2,1-4H3. The Hall–Kier alpha value is -1.07. The summed E-state index contributed by atoms with van der Waals surface area (Å²) >= 11 is 1.81. The molecule has 130 valence electrons. The van der Waals surface area contributed by atoms with Crippen molar-refractivity contribution in [3.63, 3.8) is 0 Å². The highest BCUT2D eigenvalue weighted by Crippen LogP contribution is 2.21. The number of likely N-dealkylation sites (tertiary alicyclic amines) is 1. The van der Waals surface area contributed by atoms with Crippen molar-refractivity contribution in [2.75, 3.05) is 13.1 Å². The minimum Gasteiger partial charge on any atom is -0.444 e. The van der Waals surface area contributed by atoms with Crippen molar-refractivity contribution in [3.8, 4) is 0 Å². The monoisotopic (exact) mass is 338 g/mol. The molecule has 1 aliphatic rings. The van der Waals surface area contributed by atoms with Crippen LogP contribution in [0.25, 0.3) is 0 Å². The Balaban J connectivity index is 1.87. The lowest BCUT2D eigenvalue weighted by Crippen LogP contribution is -2.50. The number of aryl methyl sites for hydroxylation is 1. The summed E-state index contributed by atoms with van der Waals surface area (Å²) in [6.07, 6.45) is 4.21. The fourth-order valence-electron chi connectivity index (χ4n) is 2.96. The third-order valence-corrected chi connectivity index (χ3v) is 5.10. The van der Waals surface area contributed by atoms with Gasteiger partial charge in [-0.3, -0.25) is 0 Å². The number of nitrogens with one attached hydrogen (secondary N) is 1. The summed E-state index contributed by atoms with van der Waals surface area (Å²) in [5.74, 6) is 0. The summed E-state index contributed by atoms with van der Waals surface area (Å²) in [5, 5.41) is 5.70. The number of hydrogen-bond donors (Lipinski definition) is 1. The maximum atomic E-state index is 12.4. The van der Waals surface area contributed by atoms with E-state index in [0.717, 1.165) is 38.9 Å². The zero-order chi connectivity index (χ0) is 16.9. The Kier molecular flexibility index (Phi) is 6.48. The SMILES string of the molecule is CCc1ccsc1CNCC1CCCCN1C(=O)OC(C)(C)C. The van der Waals surface area contributed by atoms with Crippen molar-refractivity contribution in [1.29, 1.82) is 0 Å². The minimum atomic E-state index is -0.431. The third kappa shape index (κ3) is 5.50. The summed E-state index contributed by atoms with van der Waals surface area (Å²) in [6.45, 7) is 10.5. The fraction of sp³-hybridized carbons (Fsp3) is 0.722. The molecule has 23 heavy (non-hydrogen) atoms. The number of ether oxygens (including phenoxy) is 1. The number of rotatable bonds is 5. The van der Waals surface area contributed by atoms with E-state index in [9.17, 15) is 4.79 Å². The first kappa shape index (κ1) is 18.3. The van der Waals surface area contributed by atoms with Crippen LogP contribution in [0.2, 0.25) is 0 Å². The topological polar surface area (TPSA) is 41.6 Å². The van der Waals surface area contributed by atoms with Crippen LogP contribution in [0.4, 0.5) is 4.79 Å². The van der Waals surface area contributed by atoms with Gasteiger partial charge in [-0.1, -0.05) is 6.92 Å². The Morgan fingerprint density at radius 1 is 1.43 bits per heavy atom. The van der Waals surface area contributed by atoms with Crippen LogP contribution in [0.5, 0.6) is 0 Å². The van der Waals surface area contributed by atoms with Gasteiger partial charge in [-0.2, -0.15) is 0 Å². The van der Waals surface area contributed by atoms with Crippen LogP contribution in [-0.4, -0.2) is 35.7 Å². The number of carbonyl (C=O) groups is 1. The smallest absolute Gasteiger partial charge is 0.410 e. The molecule has 1 aliphatic heterocycles. The number of carbonyl (C=O) groups excluding carboxylic acids is 1. The van der Waals surface area contributed by atoms with Crippen LogP contribution in [0.1, 0.15) is 57.4 Å². The first-order valence-corrected chi connectivity index (χ1v) is 9.54. The molecule has 5 heteroatoms. The predicted octanol–water partition coefficient (Wildman–Crippen LogP) is 4.19. The van der Waals surface area contributed by atoms with Crippen molar-refractivity contribution in [2.45, 2.75) is 71.6 Å². The molecule has 0 spiro atoms. The number of nitrogens with zero attached hydrogens (tertiary/aromatic N) is 1. The van der Waals surface area contributed by atoms with Crippen LogP contribution in [-0.2, 0) is 17.7 Å². The summed E-state index contributed by atoms with van der Waals surface area (Å²) < 4.78 is 5.56. The van der Waals surface area contributed by atoms with Gasteiger partial charge in [-0.05, 0) is 63.5 Å². The van der Waals surface area contributed by atoms with Crippen LogP contribution in [0, 0.1) is 0 Å². The Bertz CT molecular complexity index is 507. The summed E-state index contributed by atoms with van der Waals surface area (Å²) in [6, 6.07) is 2.44. The Labute approximate surface area is 144 Å². The number of hydrogen-bond acceptors (Lipinski definition) is 4. The molecule has 0 bridgehead atoms. The lowest BCUT2D eigenvalue weighted by molar-refractivity contribution is 0.00994. The van der Waals surface area contributed by atoms with Crippen LogP contribution >= 0.6 is 11.3 Å². The number of thiophene rings is 1. The molecule has 4 nitrogen and oxygen atoms in total. The van der Waals surface area contributed by atoms with Crippen LogP contribution in [0.3, 0.4) is 0 Å². The molecule has 1 aromatic rings. The zero-order valence-electron chi connectivity index (χ0n) is 14.9. The quantitative estimate of drug-likeness (QED) is 0.875. The number of amides is 1. The second-order valence-electron chi connectivity index (χ2n) is 7.18. The molecule has 1 amide bonds. The van der Waals surface area contributed by atoms with E-state index in [-0.39, 0.29) is 12.1 Å². The van der Waals surface area contributed by atoms with Gasteiger partial charge in [0.25, 0.3) is 0 Å². The van der Waals surface area contributed by atoms with Gasteiger partial charge in [-0.15, -0.1) is 11.3 Å². The molecule has 1 unspecified atom stereocenters. The maximum Gasteiger partial charge on any atom is 0.410 e. The Morgan fingerprint density at radius 3 is 2.91 bits per heavy atom. The van der Waals surface area contributed by atoms with Crippen molar-refractivity contribution in [1.82, 2.24) is 10.2 Å². The first-order valence-electron chi connectivity index (χ1n) is 8.66. The molecule has 2 rings (SSSR count). The Morgan fingerprint density at radius 2 is 2.22 bits per heavy atom. The van der Waals surface area contributed by atoms with E-state index in [2.05, 4.69) is 23.7 Å². The van der Waals surface area contributed by atoms with Crippen molar-refractivity contribution >= 4 is 17.4 Å². The van der Waals surface area contributed by atoms with Crippen LogP contribution < -0.4 is 5.32 Å². The van der Waals surface area contributed by atoms with Crippen LogP contribution in [0.15, 0.2) is 11.4 Å². The van der Waals surface area contributed by atoms with Gasteiger partial charge in [0.15, 0.2) is 0 Å². The van der Waals surface area contributed by atoms with E-state index in [1.165, 1.54) is 16.9 Å². The van der Waals surface area contributed by atoms with Crippen molar-refractivity contribution < 1.29 is 9.53 Å². The van der Waals surface area contributed by atoms with Gasteiger partial charge >= 0.3 is 6.09 Å². The van der Waals surface area contributed by atoms with Crippen molar-refractivity contribution in [3.05, 3.63) is 21.9 Å². The van der Waals surface area contributed by atoms with E-state index < -0.39 is 5.60 Å². The highest BCUT2D eigenvalue weighted by molar-refractivity contribution is 7.10. The molecule has 1 fully saturated rings. The molecular formula is C18H30N2O2S. The van der Waals surface area contributed by atoms with Gasteiger partial charge in [-0.25, -0.2) is 4.79 Å². The van der Waals surface area contributed by atoms with Gasteiger partial charge in [0.1, 0.15) is 5.60 Å². The van der Waals surface area contributed by atoms with E-state index in [1.54, 1.807) is 0 Å². The second-order valence-corrected chi connectivity index (χ2v) is 8.18. The van der Waals surface area contributed by atoms with E-state index in [0.29, 0.717) is 0 Å². The summed E-state index contributed by atoms with van der Waals surface area (Å²) in [4.78, 5) is 15.7. The summed E-state index contributed by atoms with van der Waals surface area (Å²) in [5.41, 5.74) is 0.995. The van der Waals surface area contributed by atoms with Gasteiger partial charge < -0.3 is 15.0 Å². The maximum absolute atomic E-state index is 12.4. The molecule has 1 saturated heterocycles. The molecule has 0 radical (unpaired) electrons. The van der Waals surface area contributed by atoms with Gasteiger partial charge in [0, 0.05) is 30.6 Å². The third-order valence-electron chi connectivity index (χ3n) is 4.14. The minimum absolute atomic E-state index is 0.172. The van der Waals surface area contributed by atoms with Crippen molar-refractivity contribution in [2.24, 2.45) is 0 Å². The van der Waals surface area contributed by atoms with E-state index in [4.69, 9.17) is 4.74 Å². The first-order chi connectivity index (χ1) is 10.9. The molecule has 1 atom stereocenters. The molecule has 1 N–H and O–H groups in total. The zero-order valence-corrected chi connectivity index (χ0v) is 15.7. The average molecular weight is 339 g/mol. The molecule has 0 saturated carbocycles. The molecular weight excluding hydrogens is 308 g/mol. The molecule has 0 aliphatic carbocycles. The second kappa shape index (κ2) is 8.15. The molecule has 0 aromatic carbocycles. The lowest BCUT2D eigenvalue weighted by Gasteiger charge is -2.37.